The Morgan fingerprint density at radius 1 is 1.00 bits per heavy atom. The van der Waals surface area contributed by atoms with Crippen molar-refractivity contribution in [3.63, 3.8) is 0 Å². The molecule has 1 N–H and O–H groups in total. The lowest BCUT2D eigenvalue weighted by Gasteiger charge is -2.05. The summed E-state index contributed by atoms with van der Waals surface area (Å²) in [6.07, 6.45) is 5.53. The summed E-state index contributed by atoms with van der Waals surface area (Å²) in [5.74, 6) is 0.562. The van der Waals surface area contributed by atoms with Crippen LogP contribution in [0.4, 0.5) is 5.82 Å². The van der Waals surface area contributed by atoms with Gasteiger partial charge in [-0.1, -0.05) is 36.4 Å². The molecule has 6 heteroatoms. The average molecular weight is 331 g/mol. The molecule has 0 aliphatic heterocycles. The lowest BCUT2D eigenvalue weighted by Crippen LogP contribution is -2.15. The van der Waals surface area contributed by atoms with Gasteiger partial charge in [0.1, 0.15) is 11.5 Å². The molecule has 0 atom stereocenters. The van der Waals surface area contributed by atoms with Gasteiger partial charge >= 0.3 is 0 Å². The Bertz CT molecular complexity index is 1050. The standard InChI is InChI=1S/C19H17N5O/c25-19-10-17(22-18-8-4-5-9-24(18)19)20-11-16-12-21-23(14-16)13-15-6-2-1-3-7-15/h1-10,12,14,20H,11,13H2. The van der Waals surface area contributed by atoms with Crippen LogP contribution in [0.25, 0.3) is 5.65 Å². The highest BCUT2D eigenvalue weighted by molar-refractivity contribution is 5.46. The van der Waals surface area contributed by atoms with Gasteiger partial charge in [0.05, 0.1) is 12.7 Å². The Morgan fingerprint density at radius 2 is 1.84 bits per heavy atom. The first kappa shape index (κ1) is 15.1. The third kappa shape index (κ3) is 3.42. The number of hydrogen-bond donors (Lipinski definition) is 1. The molecule has 0 bridgehead atoms. The van der Waals surface area contributed by atoms with Crippen molar-refractivity contribution < 1.29 is 0 Å². The first-order chi connectivity index (χ1) is 12.3. The van der Waals surface area contributed by atoms with Gasteiger partial charge in [0.15, 0.2) is 0 Å². The van der Waals surface area contributed by atoms with Crippen molar-refractivity contribution in [3.8, 4) is 0 Å². The van der Waals surface area contributed by atoms with Crippen molar-refractivity contribution in [2.24, 2.45) is 0 Å². The van der Waals surface area contributed by atoms with Crippen molar-refractivity contribution in [3.05, 3.63) is 94.7 Å². The van der Waals surface area contributed by atoms with E-state index in [0.29, 0.717) is 18.0 Å². The summed E-state index contributed by atoms with van der Waals surface area (Å²) in [6, 6.07) is 17.2. The van der Waals surface area contributed by atoms with Gasteiger partial charge in [-0.05, 0) is 17.7 Å². The summed E-state index contributed by atoms with van der Waals surface area (Å²) in [5.41, 5.74) is 2.76. The number of pyridine rings is 1. The molecular weight excluding hydrogens is 314 g/mol. The molecule has 0 saturated heterocycles. The molecular formula is C19H17N5O. The molecule has 4 aromatic rings. The summed E-state index contributed by atoms with van der Waals surface area (Å²) in [4.78, 5) is 16.5. The first-order valence-electron chi connectivity index (χ1n) is 8.05. The van der Waals surface area contributed by atoms with Crippen molar-refractivity contribution in [1.29, 1.82) is 0 Å². The number of fused-ring (bicyclic) bond motifs is 1. The molecule has 3 heterocycles. The van der Waals surface area contributed by atoms with E-state index in [4.69, 9.17) is 0 Å². The minimum atomic E-state index is -0.104. The van der Waals surface area contributed by atoms with E-state index in [1.54, 1.807) is 6.20 Å². The van der Waals surface area contributed by atoms with E-state index in [9.17, 15) is 4.79 Å². The summed E-state index contributed by atoms with van der Waals surface area (Å²) >= 11 is 0. The highest BCUT2D eigenvalue weighted by Gasteiger charge is 2.03. The molecule has 0 radical (unpaired) electrons. The fraction of sp³-hybridized carbons (Fsp3) is 0.105. The third-order valence-electron chi connectivity index (χ3n) is 3.92. The second kappa shape index (κ2) is 6.60. The molecule has 0 fully saturated rings. The zero-order valence-corrected chi connectivity index (χ0v) is 13.5. The number of rotatable bonds is 5. The minimum absolute atomic E-state index is 0.104. The van der Waals surface area contributed by atoms with Gasteiger partial charge in [-0.3, -0.25) is 13.9 Å². The summed E-state index contributed by atoms with van der Waals surface area (Å²) in [5, 5.41) is 7.57. The number of anilines is 1. The Balaban J connectivity index is 1.46. The molecule has 0 saturated carbocycles. The molecule has 0 spiro atoms. The van der Waals surface area contributed by atoms with Crippen LogP contribution in [0.1, 0.15) is 11.1 Å². The van der Waals surface area contributed by atoms with Crippen LogP contribution in [0.15, 0.2) is 78.0 Å². The second-order valence-electron chi connectivity index (χ2n) is 5.79. The molecule has 1 aromatic carbocycles. The van der Waals surface area contributed by atoms with Crippen LogP contribution < -0.4 is 10.9 Å². The maximum Gasteiger partial charge on any atom is 0.259 e. The quantitative estimate of drug-likeness (QED) is 0.610. The lowest BCUT2D eigenvalue weighted by atomic mass is 10.2. The predicted molar refractivity (Wildman–Crippen MR) is 96.6 cm³/mol. The Labute approximate surface area is 144 Å². The molecule has 3 aromatic heterocycles. The topological polar surface area (TPSA) is 64.2 Å². The highest BCUT2D eigenvalue weighted by atomic mass is 16.1. The van der Waals surface area contributed by atoms with E-state index in [0.717, 1.165) is 12.1 Å². The Morgan fingerprint density at radius 3 is 2.72 bits per heavy atom. The molecule has 6 nitrogen and oxygen atoms in total. The van der Waals surface area contributed by atoms with Crippen LogP contribution in [-0.4, -0.2) is 19.2 Å². The van der Waals surface area contributed by atoms with Gasteiger partial charge in [0.25, 0.3) is 5.56 Å². The van der Waals surface area contributed by atoms with Crippen LogP contribution in [0.5, 0.6) is 0 Å². The number of hydrogen-bond acceptors (Lipinski definition) is 4. The molecule has 0 aliphatic carbocycles. The van der Waals surface area contributed by atoms with Gasteiger partial charge in [-0.2, -0.15) is 5.10 Å². The lowest BCUT2D eigenvalue weighted by molar-refractivity contribution is 0.686. The maximum atomic E-state index is 12.1. The number of nitrogens with one attached hydrogen (secondary N) is 1. The normalized spacial score (nSPS) is 10.9. The zero-order valence-electron chi connectivity index (χ0n) is 13.5. The Hall–Kier alpha value is -3.41. The van der Waals surface area contributed by atoms with E-state index in [-0.39, 0.29) is 5.56 Å². The van der Waals surface area contributed by atoms with E-state index < -0.39 is 0 Å². The van der Waals surface area contributed by atoms with Gasteiger partial charge in [0, 0.05) is 30.6 Å². The van der Waals surface area contributed by atoms with Crippen LogP contribution >= 0.6 is 0 Å². The minimum Gasteiger partial charge on any atom is -0.366 e. The molecule has 0 amide bonds. The summed E-state index contributed by atoms with van der Waals surface area (Å²) in [6.45, 7) is 1.29. The average Bonchev–Trinajstić information content (AvgIpc) is 3.08. The first-order valence-corrected chi connectivity index (χ1v) is 8.05. The van der Waals surface area contributed by atoms with Crippen LogP contribution in [0, 0.1) is 0 Å². The fourth-order valence-electron chi connectivity index (χ4n) is 2.69. The predicted octanol–water partition coefficient (Wildman–Crippen LogP) is 2.55. The second-order valence-corrected chi connectivity index (χ2v) is 5.79. The molecule has 124 valence electrons. The number of aromatic nitrogens is 4. The number of nitrogens with zero attached hydrogens (tertiary/aromatic N) is 4. The van der Waals surface area contributed by atoms with E-state index in [1.165, 1.54) is 16.0 Å². The molecule has 25 heavy (non-hydrogen) atoms. The van der Waals surface area contributed by atoms with Gasteiger partial charge in [0.2, 0.25) is 0 Å². The number of benzene rings is 1. The highest BCUT2D eigenvalue weighted by Crippen LogP contribution is 2.08. The Kier molecular flexibility index (Phi) is 4.00. The SMILES string of the molecule is O=c1cc(NCc2cnn(Cc3ccccc3)c2)nc2ccccn12. The van der Waals surface area contributed by atoms with Crippen LogP contribution in [-0.2, 0) is 13.1 Å². The summed E-state index contributed by atoms with van der Waals surface area (Å²) < 4.78 is 3.41. The van der Waals surface area contributed by atoms with Gasteiger partial charge in [-0.25, -0.2) is 4.98 Å². The fourth-order valence-corrected chi connectivity index (χ4v) is 2.69. The van der Waals surface area contributed by atoms with Crippen LogP contribution in [0.2, 0.25) is 0 Å². The monoisotopic (exact) mass is 331 g/mol. The van der Waals surface area contributed by atoms with Crippen molar-refractivity contribution >= 4 is 11.5 Å². The summed E-state index contributed by atoms with van der Waals surface area (Å²) in [7, 11) is 0. The largest absolute Gasteiger partial charge is 0.366 e. The molecule has 0 aliphatic rings. The smallest absolute Gasteiger partial charge is 0.259 e. The van der Waals surface area contributed by atoms with E-state index in [1.807, 2.05) is 53.5 Å². The maximum absolute atomic E-state index is 12.1. The van der Waals surface area contributed by atoms with Crippen molar-refractivity contribution in [1.82, 2.24) is 19.2 Å². The van der Waals surface area contributed by atoms with E-state index in [2.05, 4.69) is 27.5 Å². The van der Waals surface area contributed by atoms with Crippen LogP contribution in [0.3, 0.4) is 0 Å². The van der Waals surface area contributed by atoms with E-state index >= 15 is 0 Å². The van der Waals surface area contributed by atoms with Crippen molar-refractivity contribution in [2.45, 2.75) is 13.1 Å². The van der Waals surface area contributed by atoms with Crippen molar-refractivity contribution in [2.75, 3.05) is 5.32 Å². The molecule has 4 rings (SSSR count). The van der Waals surface area contributed by atoms with Gasteiger partial charge in [-0.15, -0.1) is 0 Å². The zero-order chi connectivity index (χ0) is 17.1. The molecule has 0 unspecified atom stereocenters. The van der Waals surface area contributed by atoms with Gasteiger partial charge < -0.3 is 5.32 Å². The third-order valence-corrected chi connectivity index (χ3v) is 3.92.